The molecule has 0 heterocycles. The Morgan fingerprint density at radius 2 is 2.15 bits per heavy atom. The summed E-state index contributed by atoms with van der Waals surface area (Å²) in [5, 5.41) is 10.3. The molecule has 0 saturated heterocycles. The fourth-order valence-corrected chi connectivity index (χ4v) is 1.60. The van der Waals surface area contributed by atoms with Gasteiger partial charge < -0.3 is 10.8 Å². The van der Waals surface area contributed by atoms with Crippen molar-refractivity contribution in [3.8, 4) is 5.75 Å². The van der Waals surface area contributed by atoms with Crippen molar-refractivity contribution in [1.29, 1.82) is 0 Å². The number of benzene rings is 1. The topological polar surface area (TPSA) is 46.2 Å². The molecule has 0 fully saturated rings. The zero-order valence-electron chi connectivity index (χ0n) is 7.84. The summed E-state index contributed by atoms with van der Waals surface area (Å²) >= 11 is 5.85. The fourth-order valence-electron chi connectivity index (χ4n) is 1.31. The number of hydrogen-bond acceptors (Lipinski definition) is 2. The minimum absolute atomic E-state index is 0.0313. The van der Waals surface area contributed by atoms with Crippen LogP contribution in [0.2, 0.25) is 5.02 Å². The van der Waals surface area contributed by atoms with Crippen LogP contribution in [0.1, 0.15) is 18.1 Å². The molecule has 13 heavy (non-hydrogen) atoms. The van der Waals surface area contributed by atoms with Crippen molar-refractivity contribution >= 4 is 11.6 Å². The molecule has 0 aliphatic heterocycles. The smallest absolute Gasteiger partial charge is 0.121 e. The molecule has 0 amide bonds. The molecule has 1 aromatic carbocycles. The highest BCUT2D eigenvalue weighted by molar-refractivity contribution is 6.30. The normalized spacial score (nSPS) is 12.9. The number of aryl methyl sites for hydroxylation is 1. The summed E-state index contributed by atoms with van der Waals surface area (Å²) < 4.78 is 0. The molecule has 72 valence electrons. The number of hydrogen-bond donors (Lipinski definition) is 2. The Morgan fingerprint density at radius 3 is 2.69 bits per heavy atom. The Labute approximate surface area is 83.3 Å². The van der Waals surface area contributed by atoms with Gasteiger partial charge in [0.15, 0.2) is 0 Å². The molecular weight excluding hydrogens is 186 g/mol. The van der Waals surface area contributed by atoms with Crippen LogP contribution in [0.4, 0.5) is 0 Å². The molecule has 2 nitrogen and oxygen atoms in total. The quantitative estimate of drug-likeness (QED) is 0.768. The second-order valence-electron chi connectivity index (χ2n) is 3.41. The molecule has 0 bridgehead atoms. The number of aromatic hydroxyl groups is 1. The van der Waals surface area contributed by atoms with Gasteiger partial charge in [-0.2, -0.15) is 0 Å². The molecule has 1 aromatic rings. The Bertz CT molecular complexity index is 310. The highest BCUT2D eigenvalue weighted by Crippen LogP contribution is 2.27. The van der Waals surface area contributed by atoms with Gasteiger partial charge in [0.2, 0.25) is 0 Å². The van der Waals surface area contributed by atoms with E-state index < -0.39 is 0 Å². The van der Waals surface area contributed by atoms with Crippen LogP contribution in [0.25, 0.3) is 0 Å². The summed E-state index contributed by atoms with van der Waals surface area (Å²) in [5.41, 5.74) is 7.25. The van der Waals surface area contributed by atoms with Crippen molar-refractivity contribution in [1.82, 2.24) is 0 Å². The molecule has 0 aliphatic carbocycles. The monoisotopic (exact) mass is 199 g/mol. The Hall–Kier alpha value is -0.730. The van der Waals surface area contributed by atoms with E-state index in [0.717, 1.165) is 11.1 Å². The number of halogens is 1. The van der Waals surface area contributed by atoms with Gasteiger partial charge in [-0.1, -0.05) is 11.6 Å². The summed E-state index contributed by atoms with van der Waals surface area (Å²) in [6, 6.07) is 3.53. The van der Waals surface area contributed by atoms with Crippen molar-refractivity contribution < 1.29 is 5.11 Å². The number of phenols is 1. The van der Waals surface area contributed by atoms with Gasteiger partial charge in [-0.25, -0.2) is 0 Å². The van der Waals surface area contributed by atoms with E-state index in [0.29, 0.717) is 17.2 Å². The van der Waals surface area contributed by atoms with Crippen LogP contribution in [0.15, 0.2) is 12.1 Å². The van der Waals surface area contributed by atoms with E-state index in [1.54, 1.807) is 12.1 Å². The summed E-state index contributed by atoms with van der Waals surface area (Å²) in [7, 11) is 0. The summed E-state index contributed by atoms with van der Waals surface area (Å²) in [6.07, 6.45) is 0.646. The summed E-state index contributed by atoms with van der Waals surface area (Å²) in [5.74, 6) is 0.307. The van der Waals surface area contributed by atoms with Crippen molar-refractivity contribution in [3.05, 3.63) is 28.3 Å². The van der Waals surface area contributed by atoms with Crippen LogP contribution < -0.4 is 5.73 Å². The first kappa shape index (κ1) is 10.4. The maximum Gasteiger partial charge on any atom is 0.121 e. The lowest BCUT2D eigenvalue weighted by atomic mass is 10.0. The van der Waals surface area contributed by atoms with Gasteiger partial charge in [-0.05, 0) is 43.5 Å². The van der Waals surface area contributed by atoms with Crippen LogP contribution in [0.5, 0.6) is 5.75 Å². The molecular formula is C10H14ClNO. The van der Waals surface area contributed by atoms with Gasteiger partial charge in [0, 0.05) is 11.1 Å². The number of rotatable bonds is 2. The summed E-state index contributed by atoms with van der Waals surface area (Å²) in [4.78, 5) is 0. The van der Waals surface area contributed by atoms with E-state index in [2.05, 4.69) is 0 Å². The van der Waals surface area contributed by atoms with E-state index in [9.17, 15) is 5.11 Å². The van der Waals surface area contributed by atoms with E-state index in [1.807, 2.05) is 13.8 Å². The molecule has 1 atom stereocenters. The van der Waals surface area contributed by atoms with Crippen LogP contribution in [-0.2, 0) is 6.42 Å². The Balaban J connectivity index is 3.05. The second-order valence-corrected chi connectivity index (χ2v) is 3.85. The van der Waals surface area contributed by atoms with E-state index in [4.69, 9.17) is 17.3 Å². The predicted octanol–water partition coefficient (Wildman–Crippen LogP) is 2.24. The molecule has 0 spiro atoms. The maximum absolute atomic E-state index is 9.66. The largest absolute Gasteiger partial charge is 0.507 e. The summed E-state index contributed by atoms with van der Waals surface area (Å²) in [6.45, 7) is 3.72. The first-order chi connectivity index (χ1) is 6.00. The molecule has 0 aliphatic rings. The third kappa shape index (κ3) is 2.61. The molecule has 0 saturated carbocycles. The maximum atomic E-state index is 9.66. The highest BCUT2D eigenvalue weighted by atomic mass is 35.5. The van der Waals surface area contributed by atoms with Crippen molar-refractivity contribution in [2.75, 3.05) is 0 Å². The molecule has 1 rings (SSSR count). The van der Waals surface area contributed by atoms with Crippen LogP contribution in [0.3, 0.4) is 0 Å². The standard InChI is InChI=1S/C10H14ClNO/c1-6-3-9(11)5-8(10(6)13)4-7(2)12/h3,5,7,13H,4,12H2,1-2H3. The molecule has 3 heteroatoms. The van der Waals surface area contributed by atoms with Gasteiger partial charge in [0.05, 0.1) is 0 Å². The Kier molecular flexibility index (Phi) is 3.17. The SMILES string of the molecule is Cc1cc(Cl)cc(CC(C)N)c1O. The van der Waals surface area contributed by atoms with Gasteiger partial charge in [0.1, 0.15) is 5.75 Å². The molecule has 0 radical (unpaired) electrons. The van der Waals surface area contributed by atoms with Crippen LogP contribution >= 0.6 is 11.6 Å². The first-order valence-corrected chi connectivity index (χ1v) is 4.62. The van der Waals surface area contributed by atoms with Gasteiger partial charge in [-0.3, -0.25) is 0 Å². The van der Waals surface area contributed by atoms with Crippen molar-refractivity contribution in [2.45, 2.75) is 26.3 Å². The van der Waals surface area contributed by atoms with Crippen LogP contribution in [0, 0.1) is 6.92 Å². The second kappa shape index (κ2) is 3.99. The number of phenolic OH excluding ortho intramolecular Hbond substituents is 1. The van der Waals surface area contributed by atoms with E-state index in [-0.39, 0.29) is 6.04 Å². The predicted molar refractivity (Wildman–Crippen MR) is 55.2 cm³/mol. The lowest BCUT2D eigenvalue weighted by Gasteiger charge is -2.10. The van der Waals surface area contributed by atoms with E-state index in [1.165, 1.54) is 0 Å². The van der Waals surface area contributed by atoms with Crippen LogP contribution in [-0.4, -0.2) is 11.1 Å². The third-order valence-electron chi connectivity index (χ3n) is 1.89. The highest BCUT2D eigenvalue weighted by Gasteiger charge is 2.07. The average Bonchev–Trinajstić information content (AvgIpc) is 1.98. The molecule has 1 unspecified atom stereocenters. The Morgan fingerprint density at radius 1 is 1.54 bits per heavy atom. The van der Waals surface area contributed by atoms with Gasteiger partial charge in [0.25, 0.3) is 0 Å². The molecule has 3 N–H and O–H groups in total. The zero-order chi connectivity index (χ0) is 10.0. The van der Waals surface area contributed by atoms with Crippen molar-refractivity contribution in [2.24, 2.45) is 5.73 Å². The minimum atomic E-state index is 0.0313. The third-order valence-corrected chi connectivity index (χ3v) is 2.10. The van der Waals surface area contributed by atoms with Gasteiger partial charge in [-0.15, -0.1) is 0 Å². The lowest BCUT2D eigenvalue weighted by molar-refractivity contribution is 0.461. The average molecular weight is 200 g/mol. The van der Waals surface area contributed by atoms with E-state index >= 15 is 0 Å². The first-order valence-electron chi connectivity index (χ1n) is 4.24. The van der Waals surface area contributed by atoms with Crippen molar-refractivity contribution in [3.63, 3.8) is 0 Å². The minimum Gasteiger partial charge on any atom is -0.507 e. The fraction of sp³-hybridized carbons (Fsp3) is 0.400. The molecule has 0 aromatic heterocycles. The zero-order valence-corrected chi connectivity index (χ0v) is 8.60. The van der Waals surface area contributed by atoms with Gasteiger partial charge >= 0.3 is 0 Å². The lowest BCUT2D eigenvalue weighted by Crippen LogP contribution is -2.17. The number of nitrogens with two attached hydrogens (primary N) is 1.